The maximum absolute atomic E-state index is 11.9. The Kier molecular flexibility index (Phi) is 6.71. The van der Waals surface area contributed by atoms with Crippen LogP contribution in [0.2, 0.25) is 0 Å². The molecule has 0 bridgehead atoms. The zero-order valence-electron chi connectivity index (χ0n) is 15.8. The molecule has 0 unspecified atom stereocenters. The summed E-state index contributed by atoms with van der Waals surface area (Å²) in [7, 11) is 2.67. The van der Waals surface area contributed by atoms with Crippen molar-refractivity contribution in [1.29, 1.82) is 0 Å². The quantitative estimate of drug-likeness (QED) is 0.247. The average molecular weight is 500 g/mol. The van der Waals surface area contributed by atoms with E-state index in [1.807, 2.05) is 24.3 Å². The van der Waals surface area contributed by atoms with E-state index in [-0.39, 0.29) is 0 Å². The molecule has 3 rings (SSSR count). The lowest BCUT2D eigenvalue weighted by Crippen LogP contribution is -2.01. The van der Waals surface area contributed by atoms with Gasteiger partial charge in [0, 0.05) is 9.13 Å². The van der Waals surface area contributed by atoms with Gasteiger partial charge in [0.25, 0.3) is 0 Å². The van der Waals surface area contributed by atoms with Crippen molar-refractivity contribution in [1.82, 2.24) is 0 Å². The Morgan fingerprint density at radius 3 is 1.97 bits per heavy atom. The molecule has 146 valence electrons. The highest BCUT2D eigenvalue weighted by Crippen LogP contribution is 2.33. The molecule has 0 aliphatic carbocycles. The van der Waals surface area contributed by atoms with E-state index in [0.717, 1.165) is 14.7 Å². The summed E-state index contributed by atoms with van der Waals surface area (Å²) in [5.41, 5.74) is 3.62. The highest BCUT2D eigenvalue weighted by atomic mass is 127. The molecule has 0 aromatic heterocycles. The van der Waals surface area contributed by atoms with Gasteiger partial charge in [-0.1, -0.05) is 18.2 Å². The summed E-state index contributed by atoms with van der Waals surface area (Å²) in [6.07, 6.45) is 0. The van der Waals surface area contributed by atoms with Crippen LogP contribution in [-0.2, 0) is 9.47 Å². The Hall–Kier alpha value is -3.07. The second-order valence-corrected chi connectivity index (χ2v) is 7.21. The zero-order valence-corrected chi connectivity index (χ0v) is 17.9. The number of hydrogen-bond acceptors (Lipinski definition) is 6. The van der Waals surface area contributed by atoms with Gasteiger partial charge in [0.2, 0.25) is 0 Å². The van der Waals surface area contributed by atoms with Gasteiger partial charge in [-0.3, -0.25) is 0 Å². The summed E-state index contributed by atoms with van der Waals surface area (Å²) in [6.45, 7) is 0. The van der Waals surface area contributed by atoms with Crippen LogP contribution < -0.4 is 0 Å². The molecule has 0 aliphatic heterocycles. The number of halogens is 1. The van der Waals surface area contributed by atoms with E-state index < -0.39 is 11.9 Å². The summed E-state index contributed by atoms with van der Waals surface area (Å²) in [4.78, 5) is 23.6. The van der Waals surface area contributed by atoms with Crippen LogP contribution in [0.4, 0.5) is 11.4 Å². The van der Waals surface area contributed by atoms with Gasteiger partial charge in [0.1, 0.15) is 0 Å². The SMILES string of the molecule is COC(=O)c1ccc(-c2ccc(C(=O)OC)cc2N=Nc2ccc(I)cc2)cc1. The smallest absolute Gasteiger partial charge is 0.337 e. The molecular formula is C22H17IN2O4. The van der Waals surface area contributed by atoms with Gasteiger partial charge in [-0.05, 0) is 76.7 Å². The van der Waals surface area contributed by atoms with Gasteiger partial charge in [0.05, 0.1) is 36.7 Å². The topological polar surface area (TPSA) is 77.3 Å². The molecule has 0 aliphatic rings. The lowest BCUT2D eigenvalue weighted by molar-refractivity contribution is 0.0592. The van der Waals surface area contributed by atoms with Gasteiger partial charge in [-0.15, -0.1) is 5.11 Å². The molecule has 0 N–H and O–H groups in total. The molecule has 29 heavy (non-hydrogen) atoms. The van der Waals surface area contributed by atoms with Crippen LogP contribution in [0.25, 0.3) is 11.1 Å². The van der Waals surface area contributed by atoms with Crippen LogP contribution in [0.5, 0.6) is 0 Å². The summed E-state index contributed by atoms with van der Waals surface area (Å²) >= 11 is 2.22. The maximum Gasteiger partial charge on any atom is 0.337 e. The van der Waals surface area contributed by atoms with E-state index in [1.165, 1.54) is 14.2 Å². The molecule has 7 heteroatoms. The fourth-order valence-corrected chi connectivity index (χ4v) is 2.99. The van der Waals surface area contributed by atoms with Crippen LogP contribution in [0, 0.1) is 3.57 Å². The number of carbonyl (C=O) groups excluding carboxylic acids is 2. The van der Waals surface area contributed by atoms with E-state index in [0.29, 0.717) is 22.5 Å². The molecule has 0 fully saturated rings. The highest BCUT2D eigenvalue weighted by molar-refractivity contribution is 14.1. The Bertz CT molecular complexity index is 1060. The van der Waals surface area contributed by atoms with Crippen molar-refractivity contribution in [2.75, 3.05) is 14.2 Å². The molecule has 3 aromatic rings. The molecule has 0 heterocycles. The lowest BCUT2D eigenvalue weighted by atomic mass is 10.0. The number of hydrogen-bond donors (Lipinski definition) is 0. The summed E-state index contributed by atoms with van der Waals surface area (Å²) in [5.74, 6) is -0.862. The molecule has 0 amide bonds. The van der Waals surface area contributed by atoms with Crippen molar-refractivity contribution in [3.63, 3.8) is 0 Å². The van der Waals surface area contributed by atoms with Crippen molar-refractivity contribution in [2.24, 2.45) is 10.2 Å². The van der Waals surface area contributed by atoms with Crippen LogP contribution >= 0.6 is 22.6 Å². The summed E-state index contributed by atoms with van der Waals surface area (Å²) in [6, 6.07) is 19.6. The minimum atomic E-state index is -0.455. The van der Waals surface area contributed by atoms with Crippen LogP contribution in [0.1, 0.15) is 20.7 Å². The molecule has 0 saturated carbocycles. The first kappa shape index (κ1) is 20.7. The summed E-state index contributed by atoms with van der Waals surface area (Å²) < 4.78 is 10.6. The lowest BCUT2D eigenvalue weighted by Gasteiger charge is -2.08. The minimum absolute atomic E-state index is 0.374. The van der Waals surface area contributed by atoms with E-state index in [9.17, 15) is 9.59 Å². The van der Waals surface area contributed by atoms with Gasteiger partial charge in [-0.25, -0.2) is 9.59 Å². The Morgan fingerprint density at radius 1 is 0.759 bits per heavy atom. The second kappa shape index (κ2) is 9.42. The Morgan fingerprint density at radius 2 is 1.34 bits per heavy atom. The fourth-order valence-electron chi connectivity index (χ4n) is 2.63. The normalized spacial score (nSPS) is 10.7. The Balaban J connectivity index is 2.02. The van der Waals surface area contributed by atoms with Crippen molar-refractivity contribution < 1.29 is 19.1 Å². The minimum Gasteiger partial charge on any atom is -0.465 e. The van der Waals surface area contributed by atoms with E-state index >= 15 is 0 Å². The van der Waals surface area contributed by atoms with E-state index in [2.05, 4.69) is 32.8 Å². The van der Waals surface area contributed by atoms with E-state index in [4.69, 9.17) is 9.47 Å². The monoisotopic (exact) mass is 500 g/mol. The highest BCUT2D eigenvalue weighted by Gasteiger charge is 2.12. The number of carbonyl (C=O) groups is 2. The number of ether oxygens (including phenoxy) is 2. The number of rotatable bonds is 5. The van der Waals surface area contributed by atoms with Gasteiger partial charge >= 0.3 is 11.9 Å². The van der Waals surface area contributed by atoms with Crippen molar-refractivity contribution in [3.05, 3.63) is 81.4 Å². The predicted molar refractivity (Wildman–Crippen MR) is 118 cm³/mol. The van der Waals surface area contributed by atoms with Gasteiger partial charge in [0.15, 0.2) is 0 Å². The van der Waals surface area contributed by atoms with Gasteiger partial charge in [-0.2, -0.15) is 5.11 Å². The molecule has 3 aromatic carbocycles. The van der Waals surface area contributed by atoms with E-state index in [1.54, 1.807) is 42.5 Å². The molecule has 0 radical (unpaired) electrons. The molecule has 6 nitrogen and oxygen atoms in total. The second-order valence-electron chi connectivity index (χ2n) is 5.97. The summed E-state index contributed by atoms with van der Waals surface area (Å²) in [5, 5.41) is 8.64. The molecule has 0 atom stereocenters. The van der Waals surface area contributed by atoms with Gasteiger partial charge < -0.3 is 9.47 Å². The maximum atomic E-state index is 11.9. The molecule has 0 spiro atoms. The fraction of sp³-hybridized carbons (Fsp3) is 0.0909. The first-order chi connectivity index (χ1) is 14.0. The number of esters is 2. The standard InChI is InChI=1S/C22H17IN2O4/c1-28-21(26)15-5-3-14(4-6-15)19-12-7-16(22(27)29-2)13-20(19)25-24-18-10-8-17(23)9-11-18/h3-13H,1-2H3. The van der Waals surface area contributed by atoms with Crippen LogP contribution in [0.15, 0.2) is 77.0 Å². The third-order valence-corrected chi connectivity index (χ3v) is 4.85. The first-order valence-corrected chi connectivity index (χ1v) is 9.68. The Labute approximate surface area is 181 Å². The van der Waals surface area contributed by atoms with Crippen molar-refractivity contribution in [2.45, 2.75) is 0 Å². The largest absolute Gasteiger partial charge is 0.465 e. The third kappa shape index (κ3) is 5.05. The number of nitrogens with zero attached hydrogens (tertiary/aromatic N) is 2. The van der Waals surface area contributed by atoms with Crippen LogP contribution in [-0.4, -0.2) is 26.2 Å². The third-order valence-electron chi connectivity index (χ3n) is 4.14. The zero-order chi connectivity index (χ0) is 20.8. The number of benzene rings is 3. The number of azo groups is 1. The first-order valence-electron chi connectivity index (χ1n) is 8.60. The predicted octanol–water partition coefficient (Wildman–Crippen LogP) is 5.95. The van der Waals surface area contributed by atoms with Crippen LogP contribution in [0.3, 0.4) is 0 Å². The van der Waals surface area contributed by atoms with Crippen molar-refractivity contribution >= 4 is 45.9 Å². The number of methoxy groups -OCH3 is 2. The molecular weight excluding hydrogens is 483 g/mol. The molecule has 0 saturated heterocycles. The average Bonchev–Trinajstić information content (AvgIpc) is 2.77. The van der Waals surface area contributed by atoms with Crippen molar-refractivity contribution in [3.8, 4) is 11.1 Å².